The molecule has 5 nitrogen and oxygen atoms in total. The zero-order valence-electron chi connectivity index (χ0n) is 16.4. The Bertz CT molecular complexity index is 770. The quantitative estimate of drug-likeness (QED) is 0.848. The summed E-state index contributed by atoms with van der Waals surface area (Å²) in [4.78, 5) is 17.5. The van der Waals surface area contributed by atoms with Gasteiger partial charge in [0, 0.05) is 26.2 Å². The SMILES string of the molecule is CCN1CCN(c2ccccc2NC(=O)[C@H](C)Oc2cccc(C)c2)CC1. The van der Waals surface area contributed by atoms with E-state index in [9.17, 15) is 4.79 Å². The number of nitrogens with one attached hydrogen (secondary N) is 1. The van der Waals surface area contributed by atoms with Crippen LogP contribution in [0.1, 0.15) is 19.4 Å². The van der Waals surface area contributed by atoms with E-state index < -0.39 is 6.10 Å². The molecule has 0 spiro atoms. The van der Waals surface area contributed by atoms with E-state index >= 15 is 0 Å². The predicted molar refractivity (Wildman–Crippen MR) is 111 cm³/mol. The minimum Gasteiger partial charge on any atom is -0.481 e. The Labute approximate surface area is 161 Å². The molecule has 3 rings (SSSR count). The average Bonchev–Trinajstić information content (AvgIpc) is 2.68. The van der Waals surface area contributed by atoms with Gasteiger partial charge in [-0.1, -0.05) is 31.2 Å². The van der Waals surface area contributed by atoms with E-state index in [0.717, 1.165) is 49.7 Å². The van der Waals surface area contributed by atoms with Gasteiger partial charge in [-0.2, -0.15) is 0 Å². The lowest BCUT2D eigenvalue weighted by molar-refractivity contribution is -0.122. The van der Waals surface area contributed by atoms with E-state index in [1.54, 1.807) is 6.92 Å². The first-order valence-corrected chi connectivity index (χ1v) is 9.67. The summed E-state index contributed by atoms with van der Waals surface area (Å²) in [6, 6.07) is 15.7. The van der Waals surface area contributed by atoms with Gasteiger partial charge in [0.2, 0.25) is 0 Å². The first kappa shape index (κ1) is 19.2. The Balaban J connectivity index is 1.65. The summed E-state index contributed by atoms with van der Waals surface area (Å²) in [6.45, 7) is 11.1. The molecule has 1 amide bonds. The molecule has 0 aromatic heterocycles. The van der Waals surface area contributed by atoms with Crippen LogP contribution < -0.4 is 15.0 Å². The second kappa shape index (κ2) is 8.91. The van der Waals surface area contributed by atoms with Crippen molar-refractivity contribution in [3.05, 3.63) is 54.1 Å². The first-order chi connectivity index (χ1) is 13.1. The molecule has 5 heteroatoms. The van der Waals surface area contributed by atoms with Gasteiger partial charge in [-0.05, 0) is 50.2 Å². The van der Waals surface area contributed by atoms with Crippen molar-refractivity contribution in [2.45, 2.75) is 26.9 Å². The van der Waals surface area contributed by atoms with E-state index in [4.69, 9.17) is 4.74 Å². The second-order valence-electron chi connectivity index (χ2n) is 7.00. The molecule has 1 aliphatic rings. The van der Waals surface area contributed by atoms with Crippen LogP contribution in [-0.4, -0.2) is 49.6 Å². The summed E-state index contributed by atoms with van der Waals surface area (Å²) in [7, 11) is 0. The summed E-state index contributed by atoms with van der Waals surface area (Å²) in [5, 5.41) is 3.05. The van der Waals surface area contributed by atoms with Crippen LogP contribution in [0.3, 0.4) is 0 Å². The van der Waals surface area contributed by atoms with Crippen LogP contribution in [0.15, 0.2) is 48.5 Å². The van der Waals surface area contributed by atoms with Crippen LogP contribution in [0.5, 0.6) is 5.75 Å². The lowest BCUT2D eigenvalue weighted by Crippen LogP contribution is -2.46. The molecule has 0 aliphatic carbocycles. The topological polar surface area (TPSA) is 44.8 Å². The van der Waals surface area contributed by atoms with Crippen molar-refractivity contribution >= 4 is 17.3 Å². The summed E-state index contributed by atoms with van der Waals surface area (Å²) < 4.78 is 5.81. The molecule has 1 heterocycles. The number of hydrogen-bond acceptors (Lipinski definition) is 4. The highest BCUT2D eigenvalue weighted by molar-refractivity contribution is 5.97. The third-order valence-electron chi connectivity index (χ3n) is 4.99. The molecule has 1 N–H and O–H groups in total. The van der Waals surface area contributed by atoms with E-state index in [1.807, 2.05) is 49.4 Å². The van der Waals surface area contributed by atoms with Crippen LogP contribution in [0.4, 0.5) is 11.4 Å². The lowest BCUT2D eigenvalue weighted by Gasteiger charge is -2.36. The molecule has 27 heavy (non-hydrogen) atoms. The Morgan fingerprint density at radius 1 is 1.11 bits per heavy atom. The average molecular weight is 367 g/mol. The van der Waals surface area contributed by atoms with Crippen LogP contribution in [0, 0.1) is 6.92 Å². The van der Waals surface area contributed by atoms with E-state index in [1.165, 1.54) is 0 Å². The summed E-state index contributed by atoms with van der Waals surface area (Å²) in [6.07, 6.45) is -0.572. The van der Waals surface area contributed by atoms with Crippen molar-refractivity contribution in [2.75, 3.05) is 42.9 Å². The van der Waals surface area contributed by atoms with Crippen LogP contribution in [0.2, 0.25) is 0 Å². The molecular weight excluding hydrogens is 338 g/mol. The fourth-order valence-electron chi connectivity index (χ4n) is 3.34. The third-order valence-corrected chi connectivity index (χ3v) is 4.99. The molecule has 1 fully saturated rings. The fourth-order valence-corrected chi connectivity index (χ4v) is 3.34. The van der Waals surface area contributed by atoms with Gasteiger partial charge < -0.3 is 19.9 Å². The summed E-state index contributed by atoms with van der Waals surface area (Å²) in [5.41, 5.74) is 3.02. The monoisotopic (exact) mass is 367 g/mol. The van der Waals surface area contributed by atoms with Gasteiger partial charge in [-0.15, -0.1) is 0 Å². The van der Waals surface area contributed by atoms with Crippen LogP contribution in [-0.2, 0) is 4.79 Å². The zero-order valence-corrected chi connectivity index (χ0v) is 16.4. The van der Waals surface area contributed by atoms with Crippen LogP contribution in [0.25, 0.3) is 0 Å². The molecule has 2 aromatic carbocycles. The highest BCUT2D eigenvalue weighted by Gasteiger charge is 2.21. The highest BCUT2D eigenvalue weighted by atomic mass is 16.5. The standard InChI is InChI=1S/C22H29N3O2/c1-4-24-12-14-25(15-13-24)21-11-6-5-10-20(21)23-22(26)18(3)27-19-9-7-8-17(2)16-19/h5-11,16,18H,4,12-15H2,1-3H3,(H,23,26)/t18-/m0/s1. The van der Waals surface area contributed by atoms with Crippen molar-refractivity contribution in [2.24, 2.45) is 0 Å². The molecule has 144 valence electrons. The van der Waals surface area contributed by atoms with Crippen molar-refractivity contribution < 1.29 is 9.53 Å². The van der Waals surface area contributed by atoms with E-state index in [-0.39, 0.29) is 5.91 Å². The zero-order chi connectivity index (χ0) is 19.2. The molecular formula is C22H29N3O2. The third kappa shape index (κ3) is 5.01. The maximum Gasteiger partial charge on any atom is 0.265 e. The first-order valence-electron chi connectivity index (χ1n) is 9.67. The Kier molecular flexibility index (Phi) is 6.35. The number of aryl methyl sites for hydroxylation is 1. The van der Waals surface area contributed by atoms with Gasteiger partial charge in [0.25, 0.3) is 5.91 Å². The summed E-state index contributed by atoms with van der Waals surface area (Å²) >= 11 is 0. The molecule has 0 unspecified atom stereocenters. The predicted octanol–water partition coefficient (Wildman–Crippen LogP) is 3.54. The molecule has 0 bridgehead atoms. The lowest BCUT2D eigenvalue weighted by atomic mass is 10.2. The normalized spacial score (nSPS) is 16.0. The van der Waals surface area contributed by atoms with Crippen molar-refractivity contribution in [1.82, 2.24) is 4.90 Å². The number of carbonyl (C=O) groups is 1. The Morgan fingerprint density at radius 2 is 1.85 bits per heavy atom. The molecule has 0 radical (unpaired) electrons. The number of ether oxygens (including phenoxy) is 1. The van der Waals surface area contributed by atoms with Crippen molar-refractivity contribution in [1.29, 1.82) is 0 Å². The number of para-hydroxylation sites is 2. The maximum absolute atomic E-state index is 12.7. The number of rotatable bonds is 6. The number of benzene rings is 2. The molecule has 0 saturated carbocycles. The highest BCUT2D eigenvalue weighted by Crippen LogP contribution is 2.27. The molecule has 2 aromatic rings. The Morgan fingerprint density at radius 3 is 2.56 bits per heavy atom. The van der Waals surface area contributed by atoms with Gasteiger partial charge in [-0.25, -0.2) is 0 Å². The van der Waals surface area contributed by atoms with Gasteiger partial charge in [0.1, 0.15) is 5.75 Å². The van der Waals surface area contributed by atoms with Gasteiger partial charge in [0.15, 0.2) is 6.10 Å². The van der Waals surface area contributed by atoms with E-state index in [0.29, 0.717) is 5.75 Å². The van der Waals surface area contributed by atoms with Gasteiger partial charge in [-0.3, -0.25) is 4.79 Å². The van der Waals surface area contributed by atoms with Gasteiger partial charge in [0.05, 0.1) is 11.4 Å². The molecule has 1 saturated heterocycles. The van der Waals surface area contributed by atoms with Crippen molar-refractivity contribution in [3.8, 4) is 5.75 Å². The smallest absolute Gasteiger partial charge is 0.265 e. The molecule has 1 atom stereocenters. The number of carbonyl (C=O) groups excluding carboxylic acids is 1. The number of hydrogen-bond donors (Lipinski definition) is 1. The fraction of sp³-hybridized carbons (Fsp3) is 0.409. The van der Waals surface area contributed by atoms with Crippen LogP contribution >= 0.6 is 0 Å². The number of nitrogens with zero attached hydrogens (tertiary/aromatic N) is 2. The van der Waals surface area contributed by atoms with Crippen molar-refractivity contribution in [3.63, 3.8) is 0 Å². The second-order valence-corrected chi connectivity index (χ2v) is 7.00. The van der Waals surface area contributed by atoms with E-state index in [2.05, 4.69) is 28.1 Å². The summed E-state index contributed by atoms with van der Waals surface area (Å²) in [5.74, 6) is 0.567. The number of piperazine rings is 1. The minimum atomic E-state index is -0.572. The largest absolute Gasteiger partial charge is 0.481 e. The van der Waals surface area contributed by atoms with Gasteiger partial charge >= 0.3 is 0 Å². The number of likely N-dealkylation sites (N-methyl/N-ethyl adjacent to an activating group) is 1. The number of amides is 1. The minimum absolute atomic E-state index is 0.142. The Hall–Kier alpha value is -2.53. The number of anilines is 2. The maximum atomic E-state index is 12.7. The molecule has 1 aliphatic heterocycles.